The van der Waals surface area contributed by atoms with Crippen LogP contribution in [0.5, 0.6) is 5.75 Å². The van der Waals surface area contributed by atoms with Gasteiger partial charge in [-0.15, -0.1) is 0 Å². The Labute approximate surface area is 232 Å². The third kappa shape index (κ3) is 6.23. The molecule has 1 aliphatic heterocycles. The van der Waals surface area contributed by atoms with Gasteiger partial charge in [0.15, 0.2) is 5.75 Å². The minimum Gasteiger partial charge on any atom is -0.486 e. The summed E-state index contributed by atoms with van der Waals surface area (Å²) >= 11 is 12.1. The van der Waals surface area contributed by atoms with Gasteiger partial charge in [0.05, 0.1) is 15.2 Å². The van der Waals surface area contributed by atoms with Gasteiger partial charge in [0.2, 0.25) is 5.91 Å². The summed E-state index contributed by atoms with van der Waals surface area (Å²) in [5, 5.41) is 5.09. The molecule has 0 radical (unpaired) electrons. The van der Waals surface area contributed by atoms with Crippen molar-refractivity contribution >= 4 is 79.7 Å². The van der Waals surface area contributed by atoms with Crippen LogP contribution in [0.3, 0.4) is 0 Å². The van der Waals surface area contributed by atoms with E-state index in [0.717, 1.165) is 14.0 Å². The van der Waals surface area contributed by atoms with Gasteiger partial charge in [-0.05, 0) is 92.1 Å². The third-order valence-corrected chi connectivity index (χ3v) is 6.63. The van der Waals surface area contributed by atoms with Crippen LogP contribution >= 0.6 is 50.1 Å². The quantitative estimate of drug-likeness (QED) is 0.183. The Kier molecular flexibility index (Phi) is 8.27. The van der Waals surface area contributed by atoms with Crippen LogP contribution < -0.4 is 15.4 Å². The van der Waals surface area contributed by atoms with E-state index in [0.29, 0.717) is 27.4 Å². The molecule has 184 valence electrons. The summed E-state index contributed by atoms with van der Waals surface area (Å²) in [5.41, 5.74) is 1.42. The largest absolute Gasteiger partial charge is 0.486 e. The lowest BCUT2D eigenvalue weighted by molar-refractivity contribution is -0.127. The number of amides is 4. The molecule has 7 nitrogen and oxygen atoms in total. The summed E-state index contributed by atoms with van der Waals surface area (Å²) in [6.07, 6.45) is 1.44. The molecule has 4 rings (SSSR count). The highest BCUT2D eigenvalue weighted by atomic mass is 127. The molecule has 0 bridgehead atoms. The summed E-state index contributed by atoms with van der Waals surface area (Å²) in [6.45, 7) is -0.264. The van der Waals surface area contributed by atoms with Gasteiger partial charge in [-0.2, -0.15) is 0 Å². The number of rotatable bonds is 7. The first kappa shape index (κ1) is 26.1. The van der Waals surface area contributed by atoms with Gasteiger partial charge < -0.3 is 15.4 Å². The topological polar surface area (TPSA) is 87.7 Å². The van der Waals surface area contributed by atoms with Crippen LogP contribution in [0.4, 0.5) is 14.9 Å². The summed E-state index contributed by atoms with van der Waals surface area (Å²) in [7, 11) is 0. The van der Waals surface area contributed by atoms with Crippen LogP contribution in [0, 0.1) is 9.39 Å². The molecule has 0 spiro atoms. The second-order valence-corrected chi connectivity index (χ2v) is 10.1. The van der Waals surface area contributed by atoms with E-state index in [1.165, 1.54) is 24.3 Å². The van der Waals surface area contributed by atoms with Crippen LogP contribution in [0.1, 0.15) is 11.1 Å². The third-order valence-electron chi connectivity index (χ3n) is 5.04. The van der Waals surface area contributed by atoms with Crippen molar-refractivity contribution in [1.82, 2.24) is 10.2 Å². The van der Waals surface area contributed by atoms with Gasteiger partial charge in [-0.3, -0.25) is 9.59 Å². The molecule has 3 aromatic carbocycles. The number of anilines is 1. The molecule has 1 saturated heterocycles. The standard InChI is InChI=1S/C25H17BrClFIN3O4/c26-17-9-15(10-18(27)23(17)36-13-14-5-7-16(29)8-6-14)11-21-24(34)32(25(35)31-21)12-22(33)30-20-4-2-1-3-19(20)28/h1-11H,12-13H2,(H,30,33)(H,31,35)/b21-11+. The minimum absolute atomic E-state index is 0.0331. The second-order valence-electron chi connectivity index (χ2n) is 7.64. The number of benzene rings is 3. The Hall–Kier alpha value is -2.96. The van der Waals surface area contributed by atoms with Crippen molar-refractivity contribution in [2.45, 2.75) is 6.61 Å². The molecular formula is C25H17BrClFIN3O4. The van der Waals surface area contributed by atoms with Gasteiger partial charge in [0.1, 0.15) is 24.7 Å². The van der Waals surface area contributed by atoms with E-state index >= 15 is 0 Å². The Bertz CT molecular complexity index is 1360. The van der Waals surface area contributed by atoms with Crippen LogP contribution in [0.2, 0.25) is 5.02 Å². The number of hydrogen-bond acceptors (Lipinski definition) is 4. The molecule has 0 unspecified atom stereocenters. The van der Waals surface area contributed by atoms with E-state index in [2.05, 4.69) is 49.2 Å². The Morgan fingerprint density at radius 3 is 2.58 bits per heavy atom. The summed E-state index contributed by atoms with van der Waals surface area (Å²) in [5.74, 6) is -1.61. The van der Waals surface area contributed by atoms with Crippen molar-refractivity contribution in [3.8, 4) is 5.75 Å². The summed E-state index contributed by atoms with van der Waals surface area (Å²) in [4.78, 5) is 38.1. The number of ether oxygens (including phenoxy) is 1. The SMILES string of the molecule is O=C(CN1C(=O)N/C(=C/c2cc(Cl)c(OCc3ccc(I)cc3)c(Br)c2)C1=O)Nc1ccccc1F. The highest BCUT2D eigenvalue weighted by Crippen LogP contribution is 2.36. The number of halogens is 4. The fraction of sp³-hybridized carbons (Fsp3) is 0.0800. The highest BCUT2D eigenvalue weighted by Gasteiger charge is 2.35. The first-order valence-electron chi connectivity index (χ1n) is 10.5. The van der Waals surface area contributed by atoms with Crippen molar-refractivity contribution in [2.75, 3.05) is 11.9 Å². The Balaban J connectivity index is 1.44. The number of carbonyl (C=O) groups excluding carboxylic acids is 3. The average molecular weight is 685 g/mol. The maximum absolute atomic E-state index is 13.8. The Morgan fingerprint density at radius 2 is 1.89 bits per heavy atom. The van der Waals surface area contributed by atoms with Crippen molar-refractivity contribution < 1.29 is 23.5 Å². The van der Waals surface area contributed by atoms with Gasteiger partial charge in [0, 0.05) is 3.57 Å². The molecule has 0 atom stereocenters. The highest BCUT2D eigenvalue weighted by molar-refractivity contribution is 14.1. The van der Waals surface area contributed by atoms with Crippen LogP contribution in [0.25, 0.3) is 6.08 Å². The zero-order chi connectivity index (χ0) is 25.8. The predicted molar refractivity (Wildman–Crippen MR) is 146 cm³/mol. The smallest absolute Gasteiger partial charge is 0.329 e. The number of para-hydroxylation sites is 1. The zero-order valence-corrected chi connectivity index (χ0v) is 22.9. The second kappa shape index (κ2) is 11.4. The lowest BCUT2D eigenvalue weighted by Gasteiger charge is -2.12. The minimum atomic E-state index is -0.766. The lowest BCUT2D eigenvalue weighted by atomic mass is 10.1. The normalized spacial score (nSPS) is 14.2. The van der Waals surface area contributed by atoms with Gasteiger partial charge >= 0.3 is 6.03 Å². The molecule has 0 saturated carbocycles. The molecule has 11 heteroatoms. The van der Waals surface area contributed by atoms with E-state index in [-0.39, 0.29) is 11.4 Å². The van der Waals surface area contributed by atoms with Crippen LogP contribution in [0.15, 0.2) is 70.8 Å². The molecule has 1 fully saturated rings. The molecule has 3 aromatic rings. The molecule has 4 amide bonds. The van der Waals surface area contributed by atoms with Gasteiger partial charge in [-0.25, -0.2) is 14.1 Å². The average Bonchev–Trinajstić information content (AvgIpc) is 3.08. The maximum Gasteiger partial charge on any atom is 0.329 e. The molecular weight excluding hydrogens is 668 g/mol. The van der Waals surface area contributed by atoms with Crippen LogP contribution in [-0.4, -0.2) is 29.3 Å². The van der Waals surface area contributed by atoms with E-state index in [4.69, 9.17) is 16.3 Å². The first-order valence-corrected chi connectivity index (χ1v) is 12.7. The lowest BCUT2D eigenvalue weighted by Crippen LogP contribution is -2.38. The number of imide groups is 1. The van der Waals surface area contributed by atoms with Crippen molar-refractivity contribution in [3.05, 3.63) is 96.4 Å². The van der Waals surface area contributed by atoms with Gasteiger partial charge in [-0.1, -0.05) is 35.9 Å². The zero-order valence-electron chi connectivity index (χ0n) is 18.4. The fourth-order valence-corrected chi connectivity index (χ4v) is 4.66. The number of carbonyl (C=O) groups is 3. The van der Waals surface area contributed by atoms with Crippen molar-refractivity contribution in [2.24, 2.45) is 0 Å². The maximum atomic E-state index is 13.8. The van der Waals surface area contributed by atoms with Crippen LogP contribution in [-0.2, 0) is 16.2 Å². The first-order chi connectivity index (χ1) is 17.2. The van der Waals surface area contributed by atoms with Crippen molar-refractivity contribution in [1.29, 1.82) is 0 Å². The molecule has 1 aliphatic rings. The number of hydrogen-bond donors (Lipinski definition) is 2. The number of nitrogens with zero attached hydrogens (tertiary/aromatic N) is 1. The predicted octanol–water partition coefficient (Wildman–Crippen LogP) is 5.96. The Morgan fingerprint density at radius 1 is 1.17 bits per heavy atom. The van der Waals surface area contributed by atoms with Crippen molar-refractivity contribution in [3.63, 3.8) is 0 Å². The summed E-state index contributed by atoms with van der Waals surface area (Å²) < 4.78 is 21.3. The number of urea groups is 1. The van der Waals surface area contributed by atoms with E-state index in [1.807, 2.05) is 24.3 Å². The molecule has 0 aliphatic carbocycles. The van der Waals surface area contributed by atoms with E-state index < -0.39 is 30.2 Å². The van der Waals surface area contributed by atoms with Gasteiger partial charge in [0.25, 0.3) is 5.91 Å². The van der Waals surface area contributed by atoms with E-state index in [9.17, 15) is 18.8 Å². The molecule has 0 aromatic heterocycles. The molecule has 1 heterocycles. The summed E-state index contributed by atoms with van der Waals surface area (Å²) in [6, 6.07) is 16.0. The number of nitrogens with one attached hydrogen (secondary N) is 2. The molecule has 2 N–H and O–H groups in total. The van der Waals surface area contributed by atoms with E-state index in [1.54, 1.807) is 18.2 Å². The molecule has 36 heavy (non-hydrogen) atoms. The fourth-order valence-electron chi connectivity index (χ4n) is 3.31. The monoisotopic (exact) mass is 683 g/mol.